The maximum absolute atomic E-state index is 5.23. The quantitative estimate of drug-likeness (QED) is 0.172. The zero-order valence-corrected chi connectivity index (χ0v) is 28.1. The van der Waals surface area contributed by atoms with E-state index in [0.717, 1.165) is 65.8 Å². The third-order valence-corrected chi connectivity index (χ3v) is 9.98. The van der Waals surface area contributed by atoms with Crippen LogP contribution in [0.15, 0.2) is 182 Å². The van der Waals surface area contributed by atoms with Crippen LogP contribution in [-0.2, 0) is 0 Å². The van der Waals surface area contributed by atoms with Gasteiger partial charge in [-0.05, 0) is 61.3 Å². The van der Waals surface area contributed by atoms with Crippen LogP contribution < -0.4 is 0 Å². The third kappa shape index (κ3) is 5.09. The predicted molar refractivity (Wildman–Crippen MR) is 215 cm³/mol. The molecule has 10 rings (SSSR count). The molecule has 8 aromatic carbocycles. The highest BCUT2D eigenvalue weighted by Gasteiger charge is 2.18. The minimum atomic E-state index is 0.624. The SMILES string of the molecule is c1ccc(-c2nc(-c3ccc(-c4cccc5ccccc45)c(-c4ccccc4)c3)nc(-c3cccc4c3ccc3c4ccc4cccnc43)n2)cc1. The molecule has 0 N–H and O–H groups in total. The van der Waals surface area contributed by atoms with Gasteiger partial charge in [-0.1, -0.05) is 164 Å². The van der Waals surface area contributed by atoms with Crippen LogP contribution >= 0.6 is 0 Å². The highest BCUT2D eigenvalue weighted by atomic mass is 15.0. The fourth-order valence-electron chi connectivity index (χ4n) is 7.49. The summed E-state index contributed by atoms with van der Waals surface area (Å²) in [7, 11) is 0. The van der Waals surface area contributed by atoms with Crippen LogP contribution in [0.2, 0.25) is 0 Å². The Morgan fingerprint density at radius 2 is 0.904 bits per heavy atom. The van der Waals surface area contributed by atoms with Crippen molar-refractivity contribution in [1.82, 2.24) is 19.9 Å². The van der Waals surface area contributed by atoms with Gasteiger partial charge in [0.25, 0.3) is 0 Å². The summed E-state index contributed by atoms with van der Waals surface area (Å²) in [5, 5.41) is 8.06. The van der Waals surface area contributed by atoms with Crippen molar-refractivity contribution in [2.75, 3.05) is 0 Å². The van der Waals surface area contributed by atoms with Crippen molar-refractivity contribution in [1.29, 1.82) is 0 Å². The molecule has 0 aliphatic rings. The van der Waals surface area contributed by atoms with Crippen LogP contribution in [0.1, 0.15) is 0 Å². The Labute approximate surface area is 300 Å². The number of rotatable bonds is 5. The van der Waals surface area contributed by atoms with Gasteiger partial charge in [0.1, 0.15) is 0 Å². The Bertz CT molecular complexity index is 2950. The molecule has 2 aromatic heterocycles. The first-order valence-corrected chi connectivity index (χ1v) is 17.5. The summed E-state index contributed by atoms with van der Waals surface area (Å²) in [6.45, 7) is 0. The zero-order chi connectivity index (χ0) is 34.4. The standard InChI is InChI=1S/C48H30N4/c1-3-12-32(13-4-1)44-30-35(24-26-41(44)37-20-9-17-31-14-7-8-19-36(31)37)47-50-46(34-15-5-2-6-16-34)51-48(52-47)43-22-10-21-38-39-25-23-33-18-11-29-49-45(33)42(39)28-27-40(38)43/h1-30H. The normalized spacial score (nSPS) is 11.5. The second-order valence-electron chi connectivity index (χ2n) is 13.0. The van der Waals surface area contributed by atoms with Gasteiger partial charge in [0.15, 0.2) is 17.5 Å². The minimum absolute atomic E-state index is 0.624. The monoisotopic (exact) mass is 662 g/mol. The topological polar surface area (TPSA) is 51.6 Å². The number of nitrogens with zero attached hydrogens (tertiary/aromatic N) is 4. The van der Waals surface area contributed by atoms with Gasteiger partial charge in [-0.2, -0.15) is 0 Å². The Balaban J connectivity index is 1.20. The second-order valence-corrected chi connectivity index (χ2v) is 13.0. The Morgan fingerprint density at radius 1 is 0.288 bits per heavy atom. The first kappa shape index (κ1) is 29.8. The van der Waals surface area contributed by atoms with E-state index in [0.29, 0.717) is 17.5 Å². The van der Waals surface area contributed by atoms with Crippen LogP contribution in [0, 0.1) is 0 Å². The summed E-state index contributed by atoms with van der Waals surface area (Å²) < 4.78 is 0. The van der Waals surface area contributed by atoms with Gasteiger partial charge in [0, 0.05) is 33.7 Å². The van der Waals surface area contributed by atoms with E-state index in [9.17, 15) is 0 Å². The smallest absolute Gasteiger partial charge is 0.164 e. The van der Waals surface area contributed by atoms with Gasteiger partial charge in [0.2, 0.25) is 0 Å². The molecule has 0 atom stereocenters. The Morgan fingerprint density at radius 3 is 1.77 bits per heavy atom. The van der Waals surface area contributed by atoms with Gasteiger partial charge < -0.3 is 0 Å². The maximum atomic E-state index is 5.23. The van der Waals surface area contributed by atoms with Crippen LogP contribution in [0.3, 0.4) is 0 Å². The molecule has 0 amide bonds. The molecule has 52 heavy (non-hydrogen) atoms. The Kier molecular flexibility index (Phi) is 7.10. The molecule has 0 saturated carbocycles. The molecule has 0 saturated heterocycles. The molecular weight excluding hydrogens is 633 g/mol. The van der Waals surface area contributed by atoms with Crippen molar-refractivity contribution in [2.24, 2.45) is 0 Å². The van der Waals surface area contributed by atoms with Gasteiger partial charge in [-0.3, -0.25) is 4.98 Å². The molecule has 2 heterocycles. The van der Waals surface area contributed by atoms with Gasteiger partial charge in [-0.25, -0.2) is 15.0 Å². The predicted octanol–water partition coefficient (Wildman–Crippen LogP) is 12.2. The largest absolute Gasteiger partial charge is 0.256 e. The van der Waals surface area contributed by atoms with Crippen LogP contribution in [0.4, 0.5) is 0 Å². The van der Waals surface area contributed by atoms with E-state index in [4.69, 9.17) is 19.9 Å². The Hall–Kier alpha value is -7.04. The fraction of sp³-hybridized carbons (Fsp3) is 0. The van der Waals surface area contributed by atoms with E-state index in [1.54, 1.807) is 0 Å². The number of fused-ring (bicyclic) bond motifs is 6. The number of hydrogen-bond donors (Lipinski definition) is 0. The highest BCUT2D eigenvalue weighted by molar-refractivity contribution is 6.18. The molecule has 0 fully saturated rings. The molecule has 0 aliphatic heterocycles. The van der Waals surface area contributed by atoms with Crippen molar-refractivity contribution in [3.8, 4) is 56.4 Å². The zero-order valence-electron chi connectivity index (χ0n) is 28.1. The lowest BCUT2D eigenvalue weighted by Gasteiger charge is -2.15. The molecule has 10 aromatic rings. The first-order chi connectivity index (χ1) is 25.8. The van der Waals surface area contributed by atoms with Crippen LogP contribution in [0.25, 0.3) is 99.6 Å². The molecule has 0 aliphatic carbocycles. The lowest BCUT2D eigenvalue weighted by molar-refractivity contribution is 1.08. The number of benzene rings is 8. The lowest BCUT2D eigenvalue weighted by atomic mass is 9.90. The minimum Gasteiger partial charge on any atom is -0.256 e. The number of pyridine rings is 1. The van der Waals surface area contributed by atoms with Gasteiger partial charge in [0.05, 0.1) is 5.52 Å². The number of hydrogen-bond acceptors (Lipinski definition) is 4. The van der Waals surface area contributed by atoms with E-state index in [2.05, 4.69) is 152 Å². The van der Waals surface area contributed by atoms with Crippen LogP contribution in [0.5, 0.6) is 0 Å². The molecular formula is C48H30N4. The maximum Gasteiger partial charge on any atom is 0.164 e. The molecule has 4 nitrogen and oxygen atoms in total. The van der Waals surface area contributed by atoms with Gasteiger partial charge in [-0.15, -0.1) is 0 Å². The first-order valence-electron chi connectivity index (χ1n) is 17.5. The third-order valence-electron chi connectivity index (χ3n) is 9.98. The van der Waals surface area contributed by atoms with E-state index in [1.165, 1.54) is 16.3 Å². The van der Waals surface area contributed by atoms with Gasteiger partial charge >= 0.3 is 0 Å². The van der Waals surface area contributed by atoms with E-state index < -0.39 is 0 Å². The second kappa shape index (κ2) is 12.4. The summed E-state index contributed by atoms with van der Waals surface area (Å²) in [6.07, 6.45) is 1.86. The average Bonchev–Trinajstić information content (AvgIpc) is 3.23. The number of aromatic nitrogens is 4. The van der Waals surface area contributed by atoms with Crippen molar-refractivity contribution < 1.29 is 0 Å². The van der Waals surface area contributed by atoms with Crippen molar-refractivity contribution >= 4 is 43.2 Å². The summed E-state index contributed by atoms with van der Waals surface area (Å²) in [5.74, 6) is 1.89. The average molecular weight is 663 g/mol. The molecule has 0 bridgehead atoms. The summed E-state index contributed by atoms with van der Waals surface area (Å²) in [5.41, 5.74) is 8.42. The summed E-state index contributed by atoms with van der Waals surface area (Å²) >= 11 is 0. The summed E-state index contributed by atoms with van der Waals surface area (Å²) in [6, 6.07) is 61.6. The molecule has 0 radical (unpaired) electrons. The fourth-order valence-corrected chi connectivity index (χ4v) is 7.49. The van der Waals surface area contributed by atoms with Crippen molar-refractivity contribution in [3.05, 3.63) is 182 Å². The summed E-state index contributed by atoms with van der Waals surface area (Å²) in [4.78, 5) is 20.2. The lowest BCUT2D eigenvalue weighted by Crippen LogP contribution is -2.01. The molecule has 4 heteroatoms. The molecule has 0 unspecified atom stereocenters. The molecule has 242 valence electrons. The van der Waals surface area contributed by atoms with Crippen LogP contribution in [-0.4, -0.2) is 19.9 Å². The molecule has 0 spiro atoms. The van der Waals surface area contributed by atoms with Crippen molar-refractivity contribution in [2.45, 2.75) is 0 Å². The van der Waals surface area contributed by atoms with Crippen molar-refractivity contribution in [3.63, 3.8) is 0 Å². The van der Waals surface area contributed by atoms with E-state index >= 15 is 0 Å². The van der Waals surface area contributed by atoms with E-state index in [1.807, 2.05) is 30.5 Å². The highest BCUT2D eigenvalue weighted by Crippen LogP contribution is 2.40. The van der Waals surface area contributed by atoms with E-state index in [-0.39, 0.29) is 0 Å².